The van der Waals surface area contributed by atoms with Gasteiger partial charge in [0.2, 0.25) is 0 Å². The van der Waals surface area contributed by atoms with Gasteiger partial charge < -0.3 is 26.6 Å². The Morgan fingerprint density at radius 2 is 0.962 bits per heavy atom. The second-order valence-electron chi connectivity index (χ2n) is 5.67. The van der Waals surface area contributed by atoms with E-state index in [0.717, 1.165) is 0 Å². The molecule has 0 saturated heterocycles. The van der Waals surface area contributed by atoms with Crippen molar-refractivity contribution in [3.8, 4) is 0 Å². The molecule has 0 atom stereocenters. The van der Waals surface area contributed by atoms with Gasteiger partial charge >= 0.3 is 17.6 Å². The van der Waals surface area contributed by atoms with Crippen LogP contribution in [0.3, 0.4) is 0 Å². The molecule has 0 aromatic heterocycles. The van der Waals surface area contributed by atoms with Crippen molar-refractivity contribution in [2.75, 3.05) is 39.6 Å². The van der Waals surface area contributed by atoms with Gasteiger partial charge in [0.25, 0.3) is 0 Å². The van der Waals surface area contributed by atoms with Gasteiger partial charge in [-0.1, -0.05) is 24.3 Å². The predicted octanol–water partition coefficient (Wildman–Crippen LogP) is 3.88. The van der Waals surface area contributed by atoms with Crippen molar-refractivity contribution in [2.45, 2.75) is 52.6 Å². The molecule has 0 unspecified atom stereocenters. The standard InChI is InChI=1S/C18H36O6Si2/c1-7-19-25(20-8-2,21-9-3)18(16-14-13-15-17-18)26(22-10-4,23-11-5)24-12-6/h13-16H,7-12,17H2,1-6H3. The molecule has 0 spiro atoms. The maximum absolute atomic E-state index is 6.30. The highest BCUT2D eigenvalue weighted by molar-refractivity contribution is 6.86. The third-order valence-corrected chi connectivity index (χ3v) is 12.9. The molecular weight excluding hydrogens is 368 g/mol. The van der Waals surface area contributed by atoms with Crippen LogP contribution < -0.4 is 0 Å². The fraction of sp³-hybridized carbons (Fsp3) is 0.778. The molecule has 0 fully saturated rings. The number of hydrogen-bond acceptors (Lipinski definition) is 6. The van der Waals surface area contributed by atoms with Crippen molar-refractivity contribution in [1.29, 1.82) is 0 Å². The first-order valence-corrected chi connectivity index (χ1v) is 13.2. The van der Waals surface area contributed by atoms with Gasteiger partial charge in [0.05, 0.1) is 0 Å². The Morgan fingerprint density at radius 1 is 0.615 bits per heavy atom. The maximum Gasteiger partial charge on any atom is 0.516 e. The molecule has 0 amide bonds. The zero-order valence-corrected chi connectivity index (χ0v) is 19.2. The molecule has 1 aliphatic carbocycles. The van der Waals surface area contributed by atoms with E-state index in [-0.39, 0.29) is 0 Å². The number of hydrogen-bond donors (Lipinski definition) is 0. The van der Waals surface area contributed by atoms with E-state index in [1.165, 1.54) is 0 Å². The minimum atomic E-state index is -3.24. The summed E-state index contributed by atoms with van der Waals surface area (Å²) in [4.78, 5) is 0. The summed E-state index contributed by atoms with van der Waals surface area (Å²) in [7, 11) is -6.49. The van der Waals surface area contributed by atoms with E-state index in [0.29, 0.717) is 46.1 Å². The van der Waals surface area contributed by atoms with Crippen LogP contribution in [0.25, 0.3) is 0 Å². The first-order valence-electron chi connectivity index (χ1n) is 9.75. The Morgan fingerprint density at radius 3 is 1.19 bits per heavy atom. The highest BCUT2D eigenvalue weighted by Crippen LogP contribution is 2.55. The van der Waals surface area contributed by atoms with E-state index in [4.69, 9.17) is 26.6 Å². The van der Waals surface area contributed by atoms with Crippen molar-refractivity contribution >= 4 is 17.6 Å². The lowest BCUT2D eigenvalue weighted by Gasteiger charge is -2.50. The molecule has 26 heavy (non-hydrogen) atoms. The van der Waals surface area contributed by atoms with Crippen LogP contribution >= 0.6 is 0 Å². The lowest BCUT2D eigenvalue weighted by Crippen LogP contribution is -2.70. The predicted molar refractivity (Wildman–Crippen MR) is 107 cm³/mol. The molecule has 0 aromatic carbocycles. The molecule has 1 rings (SSSR count). The van der Waals surface area contributed by atoms with Crippen LogP contribution in [0.5, 0.6) is 0 Å². The molecule has 8 heteroatoms. The Kier molecular flexibility index (Phi) is 10.5. The van der Waals surface area contributed by atoms with E-state index >= 15 is 0 Å². The summed E-state index contributed by atoms with van der Waals surface area (Å²) >= 11 is 0. The van der Waals surface area contributed by atoms with E-state index in [1.807, 2.05) is 53.7 Å². The topological polar surface area (TPSA) is 55.4 Å². The van der Waals surface area contributed by atoms with Crippen molar-refractivity contribution in [1.82, 2.24) is 0 Å². The Bertz CT molecular complexity index is 395. The van der Waals surface area contributed by atoms with Gasteiger partial charge in [-0.15, -0.1) is 0 Å². The second kappa shape index (κ2) is 11.5. The Labute approximate surface area is 161 Å². The lowest BCUT2D eigenvalue weighted by molar-refractivity contribution is 0.0194. The molecule has 6 nitrogen and oxygen atoms in total. The first kappa shape index (κ1) is 23.7. The Hall–Kier alpha value is -0.326. The number of rotatable bonds is 14. The van der Waals surface area contributed by atoms with Crippen molar-refractivity contribution in [3.63, 3.8) is 0 Å². The normalized spacial score (nSPS) is 17.0. The van der Waals surface area contributed by atoms with Crippen LogP contribution in [-0.2, 0) is 26.6 Å². The van der Waals surface area contributed by atoms with Crippen molar-refractivity contribution in [3.05, 3.63) is 24.3 Å². The summed E-state index contributed by atoms with van der Waals surface area (Å²) in [5.74, 6) is 0. The van der Waals surface area contributed by atoms with E-state index in [2.05, 4.69) is 12.2 Å². The Balaban J connectivity index is 3.67. The highest BCUT2D eigenvalue weighted by Gasteiger charge is 2.75. The molecule has 0 bridgehead atoms. The van der Waals surface area contributed by atoms with E-state index in [1.54, 1.807) is 0 Å². The van der Waals surface area contributed by atoms with E-state index < -0.39 is 22.3 Å². The molecule has 0 heterocycles. The summed E-state index contributed by atoms with van der Waals surface area (Å²) in [6, 6.07) is 0. The molecule has 0 aliphatic heterocycles. The maximum atomic E-state index is 6.30. The van der Waals surface area contributed by atoms with Gasteiger partial charge in [-0.2, -0.15) is 0 Å². The fourth-order valence-corrected chi connectivity index (χ4v) is 11.9. The van der Waals surface area contributed by atoms with Gasteiger partial charge in [-0.25, -0.2) is 0 Å². The minimum Gasteiger partial charge on any atom is -0.373 e. The quantitative estimate of drug-likeness (QED) is 0.410. The molecular formula is C18H36O6Si2. The summed E-state index contributed by atoms with van der Waals surface area (Å²) in [6.07, 6.45) is 8.85. The minimum absolute atomic E-state index is 0.486. The van der Waals surface area contributed by atoms with Crippen molar-refractivity contribution in [2.24, 2.45) is 0 Å². The highest BCUT2D eigenvalue weighted by atomic mass is 28.5. The smallest absolute Gasteiger partial charge is 0.373 e. The molecule has 0 N–H and O–H groups in total. The van der Waals surface area contributed by atoms with E-state index in [9.17, 15) is 0 Å². The SMILES string of the molecule is CCO[Si](OCC)(OCC)C1([Si](OCC)(OCC)OCC)C=CC=CC1. The number of allylic oxidation sites excluding steroid dienone is 4. The summed E-state index contributed by atoms with van der Waals surface area (Å²) in [6.45, 7) is 14.7. The largest absolute Gasteiger partial charge is 0.516 e. The zero-order valence-electron chi connectivity index (χ0n) is 17.2. The van der Waals surface area contributed by atoms with Crippen molar-refractivity contribution < 1.29 is 26.6 Å². The van der Waals surface area contributed by atoms with Crippen LogP contribution in [0.2, 0.25) is 4.66 Å². The molecule has 0 radical (unpaired) electrons. The average molecular weight is 405 g/mol. The second-order valence-corrected chi connectivity index (χ2v) is 11.9. The summed E-state index contributed by atoms with van der Waals surface area (Å²) < 4.78 is 37.1. The van der Waals surface area contributed by atoms with Crippen LogP contribution in [0.15, 0.2) is 24.3 Å². The fourth-order valence-electron chi connectivity index (χ4n) is 3.42. The van der Waals surface area contributed by atoms with Gasteiger partial charge in [-0.05, 0) is 48.0 Å². The third-order valence-electron chi connectivity index (χ3n) is 4.17. The monoisotopic (exact) mass is 404 g/mol. The average Bonchev–Trinajstić information content (AvgIpc) is 2.63. The third kappa shape index (κ3) is 4.56. The molecule has 0 aromatic rings. The lowest BCUT2D eigenvalue weighted by atomic mass is 10.2. The zero-order chi connectivity index (χ0) is 19.5. The van der Waals surface area contributed by atoms with Crippen LogP contribution in [0.4, 0.5) is 0 Å². The molecule has 152 valence electrons. The summed E-state index contributed by atoms with van der Waals surface area (Å²) in [5, 5.41) is 0. The van der Waals surface area contributed by atoms with Gasteiger partial charge in [0.1, 0.15) is 4.66 Å². The van der Waals surface area contributed by atoms with Gasteiger partial charge in [0, 0.05) is 39.6 Å². The van der Waals surface area contributed by atoms with Crippen LogP contribution in [-0.4, -0.2) is 57.3 Å². The first-order chi connectivity index (χ1) is 12.6. The molecule has 0 saturated carbocycles. The molecule has 1 aliphatic rings. The van der Waals surface area contributed by atoms with Crippen LogP contribution in [0, 0.1) is 0 Å². The van der Waals surface area contributed by atoms with Gasteiger partial charge in [0.15, 0.2) is 0 Å². The summed E-state index contributed by atoms with van der Waals surface area (Å²) in [5.41, 5.74) is 0. The van der Waals surface area contributed by atoms with Gasteiger partial charge in [-0.3, -0.25) is 0 Å². The van der Waals surface area contributed by atoms with Crippen LogP contribution in [0.1, 0.15) is 48.0 Å².